The number of benzene rings is 1. The molecule has 0 saturated carbocycles. The molecule has 0 amide bonds. The standard InChI is InChI=1S/C23H18F2N10O/c1-35-23(27-11-28-35)13-6-4-7-14(19(13)36-2)30-15-9-17(31-16-8-3-5-12(10-26)29-16)32-21-18(15)33-22(34-21)20(24)25/h3-9,11,20H,1-2H3,(H3,29,30,31,32,33,34). The monoisotopic (exact) mass is 488 g/mol. The normalized spacial score (nSPS) is 11.0. The van der Waals surface area contributed by atoms with Crippen molar-refractivity contribution in [2.45, 2.75) is 6.43 Å². The van der Waals surface area contributed by atoms with Crippen molar-refractivity contribution in [3.8, 4) is 23.2 Å². The predicted octanol–water partition coefficient (Wildman–Crippen LogP) is 4.45. The number of hydrogen-bond donors (Lipinski definition) is 3. The van der Waals surface area contributed by atoms with Crippen LogP contribution in [0.4, 0.5) is 31.8 Å². The number of halogens is 2. The van der Waals surface area contributed by atoms with E-state index in [1.54, 1.807) is 48.1 Å². The van der Waals surface area contributed by atoms with Crippen LogP contribution in [0.5, 0.6) is 5.75 Å². The predicted molar refractivity (Wildman–Crippen MR) is 127 cm³/mol. The van der Waals surface area contributed by atoms with Crippen LogP contribution in [0, 0.1) is 11.3 Å². The number of nitriles is 1. The van der Waals surface area contributed by atoms with E-state index in [1.165, 1.54) is 13.4 Å². The minimum Gasteiger partial charge on any atom is -0.494 e. The largest absolute Gasteiger partial charge is 0.494 e. The molecular formula is C23H18F2N10O. The second-order valence-corrected chi connectivity index (χ2v) is 7.54. The summed E-state index contributed by atoms with van der Waals surface area (Å²) in [6.45, 7) is 0. The zero-order valence-electron chi connectivity index (χ0n) is 19.0. The van der Waals surface area contributed by atoms with Gasteiger partial charge in [0.25, 0.3) is 6.43 Å². The van der Waals surface area contributed by atoms with E-state index in [4.69, 9.17) is 10.00 Å². The highest BCUT2D eigenvalue weighted by Crippen LogP contribution is 2.38. The Hall–Kier alpha value is -5.12. The van der Waals surface area contributed by atoms with Crippen LogP contribution < -0.4 is 15.4 Å². The summed E-state index contributed by atoms with van der Waals surface area (Å²) in [6.07, 6.45) is -1.38. The number of ether oxygens (including phenoxy) is 1. The Morgan fingerprint density at radius 2 is 1.89 bits per heavy atom. The summed E-state index contributed by atoms with van der Waals surface area (Å²) in [5, 5.41) is 19.5. The van der Waals surface area contributed by atoms with Gasteiger partial charge < -0.3 is 20.4 Å². The summed E-state index contributed by atoms with van der Waals surface area (Å²) in [7, 11) is 3.28. The van der Waals surface area contributed by atoms with Crippen LogP contribution in [0.15, 0.2) is 48.8 Å². The van der Waals surface area contributed by atoms with E-state index >= 15 is 0 Å². The van der Waals surface area contributed by atoms with Crippen LogP contribution in [0.3, 0.4) is 0 Å². The molecule has 0 aliphatic heterocycles. The fourth-order valence-corrected chi connectivity index (χ4v) is 3.69. The zero-order chi connectivity index (χ0) is 25.2. The van der Waals surface area contributed by atoms with Crippen molar-refractivity contribution in [1.29, 1.82) is 5.26 Å². The number of rotatable bonds is 7. The van der Waals surface area contributed by atoms with Crippen molar-refractivity contribution < 1.29 is 13.5 Å². The van der Waals surface area contributed by atoms with Gasteiger partial charge in [-0.2, -0.15) is 10.4 Å². The number of hydrogen-bond acceptors (Lipinski definition) is 9. The Labute approximate surface area is 202 Å². The Morgan fingerprint density at radius 3 is 2.61 bits per heavy atom. The van der Waals surface area contributed by atoms with E-state index in [2.05, 4.69) is 40.7 Å². The Kier molecular flexibility index (Phi) is 5.83. The number of H-pyrrole nitrogens is 1. The first-order valence-corrected chi connectivity index (χ1v) is 10.6. The summed E-state index contributed by atoms with van der Waals surface area (Å²) in [5.41, 5.74) is 2.17. The Balaban J connectivity index is 1.60. The average molecular weight is 488 g/mol. The molecular weight excluding hydrogens is 470 g/mol. The molecule has 0 atom stereocenters. The number of aromatic amines is 1. The number of alkyl halides is 2. The molecule has 0 aliphatic carbocycles. The molecule has 3 N–H and O–H groups in total. The van der Waals surface area contributed by atoms with Crippen molar-refractivity contribution in [3.63, 3.8) is 0 Å². The third kappa shape index (κ3) is 4.23. The van der Waals surface area contributed by atoms with Crippen molar-refractivity contribution in [2.24, 2.45) is 7.05 Å². The van der Waals surface area contributed by atoms with Crippen LogP contribution in [-0.2, 0) is 7.05 Å². The van der Waals surface area contributed by atoms with Gasteiger partial charge in [0.2, 0.25) is 0 Å². The summed E-state index contributed by atoms with van der Waals surface area (Å²) >= 11 is 0. The van der Waals surface area contributed by atoms with Crippen LogP contribution in [0.2, 0.25) is 0 Å². The van der Waals surface area contributed by atoms with E-state index in [9.17, 15) is 8.78 Å². The third-order valence-corrected chi connectivity index (χ3v) is 5.24. The van der Waals surface area contributed by atoms with E-state index in [-0.39, 0.29) is 16.9 Å². The number of anilines is 4. The van der Waals surface area contributed by atoms with Crippen molar-refractivity contribution in [2.75, 3.05) is 17.7 Å². The molecule has 4 heterocycles. The first-order valence-electron chi connectivity index (χ1n) is 10.6. The zero-order valence-corrected chi connectivity index (χ0v) is 19.0. The number of aryl methyl sites for hydroxylation is 1. The van der Waals surface area contributed by atoms with Gasteiger partial charge in [0.15, 0.2) is 23.0 Å². The second kappa shape index (κ2) is 9.26. The van der Waals surface area contributed by atoms with Crippen molar-refractivity contribution in [1.82, 2.24) is 34.7 Å². The summed E-state index contributed by atoms with van der Waals surface area (Å²) < 4.78 is 34.1. The molecule has 4 aromatic heterocycles. The molecule has 0 bridgehead atoms. The van der Waals surface area contributed by atoms with Gasteiger partial charge in [0.1, 0.15) is 35.2 Å². The fourth-order valence-electron chi connectivity index (χ4n) is 3.69. The number of nitrogens with zero attached hydrogens (tertiary/aromatic N) is 7. The van der Waals surface area contributed by atoms with Gasteiger partial charge >= 0.3 is 0 Å². The number of nitrogens with one attached hydrogen (secondary N) is 3. The first-order chi connectivity index (χ1) is 17.5. The SMILES string of the molecule is COc1c(Nc2cc(Nc3cccc(C#N)n3)nc3[nH]c(C(F)F)nc23)cccc1-c1ncnn1C. The van der Waals surface area contributed by atoms with E-state index in [1.807, 2.05) is 12.1 Å². The third-order valence-electron chi connectivity index (χ3n) is 5.24. The smallest absolute Gasteiger partial charge is 0.295 e. The summed E-state index contributed by atoms with van der Waals surface area (Å²) in [5.74, 6) is 1.20. The van der Waals surface area contributed by atoms with Crippen LogP contribution >= 0.6 is 0 Å². The van der Waals surface area contributed by atoms with Gasteiger partial charge in [-0.25, -0.2) is 33.4 Å². The lowest BCUT2D eigenvalue weighted by molar-refractivity contribution is 0.142. The lowest BCUT2D eigenvalue weighted by Crippen LogP contribution is -2.02. The minimum absolute atomic E-state index is 0.137. The maximum Gasteiger partial charge on any atom is 0.295 e. The molecule has 0 unspecified atom stereocenters. The highest BCUT2D eigenvalue weighted by molar-refractivity contribution is 5.92. The summed E-state index contributed by atoms with van der Waals surface area (Å²) in [6, 6.07) is 13.9. The topological polar surface area (TPSA) is 142 Å². The van der Waals surface area contributed by atoms with E-state index < -0.39 is 12.2 Å². The van der Waals surface area contributed by atoms with Gasteiger partial charge in [0.05, 0.1) is 24.0 Å². The molecule has 0 radical (unpaired) electrons. The van der Waals surface area contributed by atoms with Crippen LogP contribution in [-0.4, -0.2) is 41.8 Å². The number of aromatic nitrogens is 7. The molecule has 0 fully saturated rings. The van der Waals surface area contributed by atoms with Crippen LogP contribution in [0.1, 0.15) is 17.9 Å². The van der Waals surface area contributed by atoms with E-state index in [0.717, 1.165) is 0 Å². The quantitative estimate of drug-likeness (QED) is 0.303. The lowest BCUT2D eigenvalue weighted by atomic mass is 10.1. The van der Waals surface area contributed by atoms with Gasteiger partial charge in [-0.15, -0.1) is 0 Å². The molecule has 13 heteroatoms. The average Bonchev–Trinajstić information content (AvgIpc) is 3.50. The van der Waals surface area contributed by atoms with Crippen LogP contribution in [0.25, 0.3) is 22.6 Å². The summed E-state index contributed by atoms with van der Waals surface area (Å²) in [4.78, 5) is 19.4. The first kappa shape index (κ1) is 22.7. The number of para-hydroxylation sites is 1. The molecule has 0 aliphatic rings. The number of pyridine rings is 2. The molecule has 5 rings (SSSR count). The number of fused-ring (bicyclic) bond motifs is 1. The Morgan fingerprint density at radius 1 is 1.06 bits per heavy atom. The lowest BCUT2D eigenvalue weighted by Gasteiger charge is -2.15. The fraction of sp³-hybridized carbons (Fsp3) is 0.130. The van der Waals surface area contributed by atoms with E-state index in [0.29, 0.717) is 40.1 Å². The molecule has 1 aromatic carbocycles. The van der Waals surface area contributed by atoms with Crippen molar-refractivity contribution in [3.05, 3.63) is 60.3 Å². The maximum absolute atomic E-state index is 13.4. The highest BCUT2D eigenvalue weighted by atomic mass is 19.3. The molecule has 180 valence electrons. The molecule has 11 nitrogen and oxygen atoms in total. The van der Waals surface area contributed by atoms with Gasteiger partial charge in [0, 0.05) is 13.1 Å². The van der Waals surface area contributed by atoms with Gasteiger partial charge in [-0.3, -0.25) is 0 Å². The Bertz CT molecular complexity index is 1600. The molecule has 36 heavy (non-hydrogen) atoms. The molecule has 5 aromatic rings. The van der Waals surface area contributed by atoms with Gasteiger partial charge in [-0.05, 0) is 24.3 Å². The minimum atomic E-state index is -2.81. The maximum atomic E-state index is 13.4. The number of imidazole rings is 1. The molecule has 0 saturated heterocycles. The second-order valence-electron chi connectivity index (χ2n) is 7.54. The number of methoxy groups -OCH3 is 1. The van der Waals surface area contributed by atoms with Gasteiger partial charge in [-0.1, -0.05) is 12.1 Å². The van der Waals surface area contributed by atoms with Crippen molar-refractivity contribution >= 4 is 34.2 Å². The molecule has 0 spiro atoms. The highest BCUT2D eigenvalue weighted by Gasteiger charge is 2.20.